The minimum atomic E-state index is 1.01. The van der Waals surface area contributed by atoms with Crippen molar-refractivity contribution in [2.24, 2.45) is 0 Å². The molecule has 0 aliphatic rings. The maximum atomic E-state index is 4.73. The molecule has 100 valence electrons. The highest BCUT2D eigenvalue weighted by Gasteiger charge is 2.04. The topological polar surface area (TPSA) is 12.9 Å². The Labute approximate surface area is 124 Å². The van der Waals surface area contributed by atoms with Gasteiger partial charge in [-0.1, -0.05) is 60.2 Å². The van der Waals surface area contributed by atoms with Gasteiger partial charge in [0.15, 0.2) is 0 Å². The third-order valence-corrected chi connectivity index (χ3v) is 4.30. The summed E-state index contributed by atoms with van der Waals surface area (Å²) in [6, 6.07) is 19.1. The van der Waals surface area contributed by atoms with Gasteiger partial charge in [0.1, 0.15) is 5.01 Å². The number of aromatic nitrogens is 1. The molecular formula is C18H17NS. The predicted molar refractivity (Wildman–Crippen MR) is 86.1 cm³/mol. The van der Waals surface area contributed by atoms with Gasteiger partial charge >= 0.3 is 0 Å². The van der Waals surface area contributed by atoms with Crippen LogP contribution in [-0.4, -0.2) is 4.98 Å². The fourth-order valence-corrected chi connectivity index (χ4v) is 3.02. The maximum Gasteiger partial charge on any atom is 0.123 e. The first-order valence-electron chi connectivity index (χ1n) is 6.86. The molecule has 3 aromatic rings. The van der Waals surface area contributed by atoms with Gasteiger partial charge < -0.3 is 0 Å². The summed E-state index contributed by atoms with van der Waals surface area (Å²) in [6.45, 7) is 2.12. The third kappa shape index (κ3) is 3.14. The Morgan fingerprint density at radius 3 is 2.40 bits per heavy atom. The van der Waals surface area contributed by atoms with Crippen LogP contribution in [0.2, 0.25) is 0 Å². The van der Waals surface area contributed by atoms with Gasteiger partial charge in [-0.25, -0.2) is 4.98 Å². The van der Waals surface area contributed by atoms with E-state index in [1.165, 1.54) is 22.4 Å². The number of rotatable bonds is 4. The molecule has 0 saturated heterocycles. The molecule has 0 fully saturated rings. The third-order valence-electron chi connectivity index (χ3n) is 3.36. The van der Waals surface area contributed by atoms with Crippen LogP contribution in [0.15, 0.2) is 60.0 Å². The number of benzene rings is 2. The SMILES string of the molecule is Cc1ccc(CCc2csc(-c3ccccc3)n2)cc1. The number of thiazole rings is 1. The van der Waals surface area contributed by atoms with E-state index in [1.807, 2.05) is 6.07 Å². The lowest BCUT2D eigenvalue weighted by molar-refractivity contribution is 0.926. The van der Waals surface area contributed by atoms with Gasteiger partial charge in [0.25, 0.3) is 0 Å². The second-order valence-corrected chi connectivity index (χ2v) is 5.85. The van der Waals surface area contributed by atoms with E-state index in [-0.39, 0.29) is 0 Å². The van der Waals surface area contributed by atoms with Crippen LogP contribution in [-0.2, 0) is 12.8 Å². The molecule has 2 aromatic carbocycles. The quantitative estimate of drug-likeness (QED) is 0.661. The lowest BCUT2D eigenvalue weighted by atomic mass is 10.1. The van der Waals surface area contributed by atoms with Crippen molar-refractivity contribution in [3.63, 3.8) is 0 Å². The first kappa shape index (κ1) is 13.1. The molecule has 0 unspecified atom stereocenters. The molecule has 1 aromatic heterocycles. The molecule has 1 nitrogen and oxygen atoms in total. The van der Waals surface area contributed by atoms with E-state index in [1.54, 1.807) is 11.3 Å². The van der Waals surface area contributed by atoms with Crippen molar-refractivity contribution < 1.29 is 0 Å². The van der Waals surface area contributed by atoms with Gasteiger partial charge in [-0.3, -0.25) is 0 Å². The van der Waals surface area contributed by atoms with Gasteiger partial charge in [0.05, 0.1) is 5.69 Å². The van der Waals surface area contributed by atoms with E-state index in [4.69, 9.17) is 4.98 Å². The minimum Gasteiger partial charge on any atom is -0.241 e. The Hall–Kier alpha value is -1.93. The molecule has 1 heterocycles. The van der Waals surface area contributed by atoms with E-state index < -0.39 is 0 Å². The Balaban J connectivity index is 1.67. The van der Waals surface area contributed by atoms with Crippen molar-refractivity contribution in [2.45, 2.75) is 19.8 Å². The van der Waals surface area contributed by atoms with Crippen molar-refractivity contribution in [2.75, 3.05) is 0 Å². The highest BCUT2D eigenvalue weighted by molar-refractivity contribution is 7.13. The van der Waals surface area contributed by atoms with Crippen LogP contribution in [0, 0.1) is 6.92 Å². The standard InChI is InChI=1S/C18H17NS/c1-14-7-9-15(10-8-14)11-12-17-13-20-18(19-17)16-5-3-2-4-6-16/h2-10,13H,11-12H2,1H3. The van der Waals surface area contributed by atoms with Crippen LogP contribution < -0.4 is 0 Å². The van der Waals surface area contributed by atoms with Gasteiger partial charge in [-0.2, -0.15) is 0 Å². The molecule has 0 amide bonds. The summed E-state index contributed by atoms with van der Waals surface area (Å²) in [7, 11) is 0. The fraction of sp³-hybridized carbons (Fsp3) is 0.167. The smallest absolute Gasteiger partial charge is 0.123 e. The minimum absolute atomic E-state index is 1.01. The summed E-state index contributed by atoms with van der Waals surface area (Å²) in [5, 5.41) is 3.29. The zero-order valence-electron chi connectivity index (χ0n) is 11.5. The van der Waals surface area contributed by atoms with E-state index >= 15 is 0 Å². The van der Waals surface area contributed by atoms with Crippen LogP contribution in [0.5, 0.6) is 0 Å². The zero-order valence-corrected chi connectivity index (χ0v) is 12.4. The highest BCUT2D eigenvalue weighted by Crippen LogP contribution is 2.23. The second kappa shape index (κ2) is 6.02. The predicted octanol–water partition coefficient (Wildman–Crippen LogP) is 4.90. The molecule has 3 rings (SSSR count). The molecule has 0 N–H and O–H groups in total. The average molecular weight is 279 g/mol. The Bertz CT molecular complexity index is 668. The van der Waals surface area contributed by atoms with Crippen LogP contribution in [0.1, 0.15) is 16.8 Å². The van der Waals surface area contributed by atoms with Crippen LogP contribution in [0.3, 0.4) is 0 Å². The van der Waals surface area contributed by atoms with Crippen molar-refractivity contribution in [1.29, 1.82) is 0 Å². The number of hydrogen-bond acceptors (Lipinski definition) is 2. The summed E-state index contributed by atoms with van der Waals surface area (Å²) in [6.07, 6.45) is 2.06. The molecule has 20 heavy (non-hydrogen) atoms. The number of aryl methyl sites for hydroxylation is 3. The fourth-order valence-electron chi connectivity index (χ4n) is 2.16. The summed E-state index contributed by atoms with van der Waals surface area (Å²) in [5.41, 5.74) is 5.09. The monoisotopic (exact) mass is 279 g/mol. The van der Waals surface area contributed by atoms with Gasteiger partial charge in [-0.15, -0.1) is 11.3 Å². The van der Waals surface area contributed by atoms with Crippen molar-refractivity contribution in [3.8, 4) is 10.6 Å². The van der Waals surface area contributed by atoms with Crippen molar-refractivity contribution in [1.82, 2.24) is 4.98 Å². The number of nitrogens with zero attached hydrogens (tertiary/aromatic N) is 1. The first-order chi connectivity index (χ1) is 9.81. The zero-order chi connectivity index (χ0) is 13.8. The average Bonchev–Trinajstić information content (AvgIpc) is 2.97. The largest absolute Gasteiger partial charge is 0.241 e. The van der Waals surface area contributed by atoms with E-state index in [9.17, 15) is 0 Å². The van der Waals surface area contributed by atoms with E-state index in [0.29, 0.717) is 0 Å². The Kier molecular flexibility index (Phi) is 3.93. The molecule has 0 spiro atoms. The normalized spacial score (nSPS) is 10.7. The molecule has 0 aliphatic heterocycles. The van der Waals surface area contributed by atoms with Crippen molar-refractivity contribution in [3.05, 3.63) is 76.8 Å². The Morgan fingerprint density at radius 1 is 0.900 bits per heavy atom. The molecule has 0 atom stereocenters. The first-order valence-corrected chi connectivity index (χ1v) is 7.74. The number of hydrogen-bond donors (Lipinski definition) is 0. The van der Waals surface area contributed by atoms with E-state index in [2.05, 4.69) is 60.8 Å². The van der Waals surface area contributed by atoms with Crippen LogP contribution in [0.25, 0.3) is 10.6 Å². The molecule has 0 aliphatic carbocycles. The van der Waals surface area contributed by atoms with Crippen LogP contribution >= 0.6 is 11.3 Å². The molecule has 2 heteroatoms. The summed E-state index contributed by atoms with van der Waals surface area (Å²) in [5.74, 6) is 0. The molecular weight excluding hydrogens is 262 g/mol. The molecule has 0 radical (unpaired) electrons. The summed E-state index contributed by atoms with van der Waals surface area (Å²) >= 11 is 1.73. The molecule has 0 bridgehead atoms. The lowest BCUT2D eigenvalue weighted by Gasteiger charge is -2.00. The Morgan fingerprint density at radius 2 is 1.65 bits per heavy atom. The van der Waals surface area contributed by atoms with Crippen molar-refractivity contribution >= 4 is 11.3 Å². The van der Waals surface area contributed by atoms with Gasteiger partial charge in [-0.05, 0) is 25.3 Å². The lowest BCUT2D eigenvalue weighted by Crippen LogP contribution is -1.91. The summed E-state index contributed by atoms with van der Waals surface area (Å²) < 4.78 is 0. The highest BCUT2D eigenvalue weighted by atomic mass is 32.1. The second-order valence-electron chi connectivity index (χ2n) is 5.00. The molecule has 0 saturated carbocycles. The van der Waals surface area contributed by atoms with Gasteiger partial charge in [0.2, 0.25) is 0 Å². The maximum absolute atomic E-state index is 4.73. The summed E-state index contributed by atoms with van der Waals surface area (Å²) in [4.78, 5) is 4.73. The van der Waals surface area contributed by atoms with Gasteiger partial charge in [0, 0.05) is 10.9 Å². The van der Waals surface area contributed by atoms with Crippen LogP contribution in [0.4, 0.5) is 0 Å². The van der Waals surface area contributed by atoms with E-state index in [0.717, 1.165) is 17.8 Å².